The molecule has 1 amide bonds. The number of halogens is 1. The number of nitrogens with one attached hydrogen (secondary N) is 1. The van der Waals surface area contributed by atoms with Gasteiger partial charge in [-0.3, -0.25) is 9.78 Å². The Morgan fingerprint density at radius 2 is 1.93 bits per heavy atom. The highest BCUT2D eigenvalue weighted by molar-refractivity contribution is 6.31. The van der Waals surface area contributed by atoms with Crippen LogP contribution in [0.15, 0.2) is 79.3 Å². The van der Waals surface area contributed by atoms with E-state index in [0.717, 1.165) is 11.3 Å². The van der Waals surface area contributed by atoms with Gasteiger partial charge in [0.25, 0.3) is 5.91 Å². The van der Waals surface area contributed by atoms with Crippen LogP contribution in [-0.2, 0) is 0 Å². The van der Waals surface area contributed by atoms with Crippen molar-refractivity contribution in [1.29, 1.82) is 0 Å². The van der Waals surface area contributed by atoms with E-state index in [1.54, 1.807) is 47.5 Å². The minimum absolute atomic E-state index is 0.327. The number of aromatic nitrogens is 3. The number of anilines is 1. The van der Waals surface area contributed by atoms with Gasteiger partial charge in [-0.15, -0.1) is 0 Å². The summed E-state index contributed by atoms with van der Waals surface area (Å²) in [7, 11) is 1.54. The first-order valence-electron chi connectivity index (χ1n) is 8.86. The lowest BCUT2D eigenvalue weighted by atomic mass is 10.1. The zero-order valence-electron chi connectivity index (χ0n) is 15.5. The lowest BCUT2D eigenvalue weighted by Crippen LogP contribution is -2.13. The number of benzene rings is 2. The van der Waals surface area contributed by atoms with Crippen molar-refractivity contribution in [2.75, 3.05) is 12.4 Å². The highest BCUT2D eigenvalue weighted by atomic mass is 35.5. The Labute approximate surface area is 172 Å². The number of pyridine rings is 1. The fourth-order valence-electron chi connectivity index (χ4n) is 2.94. The lowest BCUT2D eigenvalue weighted by molar-refractivity contribution is 0.102. The number of nitrogens with zero attached hydrogens (tertiary/aromatic N) is 3. The van der Waals surface area contributed by atoms with Gasteiger partial charge in [0.05, 0.1) is 24.0 Å². The summed E-state index contributed by atoms with van der Waals surface area (Å²) in [5.41, 5.74) is 3.00. The van der Waals surface area contributed by atoms with Crippen LogP contribution in [-0.4, -0.2) is 27.8 Å². The van der Waals surface area contributed by atoms with Crippen molar-refractivity contribution in [2.45, 2.75) is 0 Å². The van der Waals surface area contributed by atoms with E-state index in [1.165, 1.54) is 7.11 Å². The number of rotatable bonds is 5. The minimum Gasteiger partial charge on any atom is -0.495 e. The van der Waals surface area contributed by atoms with Gasteiger partial charge in [0.15, 0.2) is 0 Å². The molecule has 0 spiro atoms. The molecule has 0 aliphatic heterocycles. The molecule has 0 fully saturated rings. The Kier molecular flexibility index (Phi) is 5.27. The van der Waals surface area contributed by atoms with Crippen LogP contribution in [0.4, 0.5) is 5.69 Å². The van der Waals surface area contributed by atoms with Crippen molar-refractivity contribution >= 4 is 23.2 Å². The van der Waals surface area contributed by atoms with E-state index >= 15 is 0 Å². The summed E-state index contributed by atoms with van der Waals surface area (Å²) in [5.74, 6) is 0.188. The topological polar surface area (TPSA) is 69.0 Å². The molecule has 7 heteroatoms. The van der Waals surface area contributed by atoms with E-state index in [1.807, 2.05) is 36.4 Å². The zero-order valence-corrected chi connectivity index (χ0v) is 16.3. The first-order chi connectivity index (χ1) is 14.2. The van der Waals surface area contributed by atoms with Crippen LogP contribution in [0.1, 0.15) is 10.4 Å². The minimum atomic E-state index is -0.327. The van der Waals surface area contributed by atoms with Crippen molar-refractivity contribution in [2.24, 2.45) is 0 Å². The molecule has 4 aromatic rings. The van der Waals surface area contributed by atoms with Crippen LogP contribution in [0, 0.1) is 0 Å². The van der Waals surface area contributed by atoms with E-state index < -0.39 is 0 Å². The highest BCUT2D eigenvalue weighted by Crippen LogP contribution is 2.30. The van der Waals surface area contributed by atoms with E-state index in [2.05, 4.69) is 15.4 Å². The SMILES string of the molecule is COc1ccc(Cl)cc1NC(=O)c1cn(-c2ccccc2)nc1-c1cccnc1. The Bertz CT molecular complexity index is 1140. The molecule has 0 aliphatic carbocycles. The van der Waals surface area contributed by atoms with Gasteiger partial charge in [-0.2, -0.15) is 5.10 Å². The summed E-state index contributed by atoms with van der Waals surface area (Å²) in [6, 6.07) is 18.3. The normalized spacial score (nSPS) is 10.6. The summed E-state index contributed by atoms with van der Waals surface area (Å²) in [6.45, 7) is 0. The second-order valence-electron chi connectivity index (χ2n) is 6.21. The van der Waals surface area contributed by atoms with Gasteiger partial charge in [0.2, 0.25) is 0 Å². The molecule has 6 nitrogen and oxygen atoms in total. The molecule has 1 N–H and O–H groups in total. The molecular formula is C22H17ClN4O2. The lowest BCUT2D eigenvalue weighted by Gasteiger charge is -2.10. The number of ether oxygens (including phenoxy) is 1. The van der Waals surface area contributed by atoms with Gasteiger partial charge < -0.3 is 10.1 Å². The van der Waals surface area contributed by atoms with Crippen LogP contribution in [0.25, 0.3) is 16.9 Å². The quantitative estimate of drug-likeness (QED) is 0.516. The molecule has 2 aromatic carbocycles. The van der Waals surface area contributed by atoms with Gasteiger partial charge in [0, 0.05) is 29.2 Å². The molecular weight excluding hydrogens is 388 g/mol. The molecule has 0 radical (unpaired) electrons. The number of carbonyl (C=O) groups excluding carboxylic acids is 1. The van der Waals surface area contributed by atoms with Crippen LogP contribution in [0.2, 0.25) is 5.02 Å². The second kappa shape index (κ2) is 8.16. The molecule has 29 heavy (non-hydrogen) atoms. The molecule has 0 atom stereocenters. The predicted octanol–water partition coefficient (Wildman–Crippen LogP) is 4.85. The number of methoxy groups -OCH3 is 1. The van der Waals surface area contributed by atoms with E-state index in [4.69, 9.17) is 16.3 Å². The highest BCUT2D eigenvalue weighted by Gasteiger charge is 2.20. The van der Waals surface area contributed by atoms with Gasteiger partial charge in [-0.05, 0) is 42.5 Å². The van der Waals surface area contributed by atoms with Gasteiger partial charge in [0.1, 0.15) is 11.4 Å². The predicted molar refractivity (Wildman–Crippen MR) is 113 cm³/mol. The maximum Gasteiger partial charge on any atom is 0.259 e. The van der Waals surface area contributed by atoms with Crippen LogP contribution >= 0.6 is 11.6 Å². The fraction of sp³-hybridized carbons (Fsp3) is 0.0455. The van der Waals surface area contributed by atoms with Crippen molar-refractivity contribution in [3.63, 3.8) is 0 Å². The largest absolute Gasteiger partial charge is 0.495 e. The number of amides is 1. The fourth-order valence-corrected chi connectivity index (χ4v) is 3.11. The summed E-state index contributed by atoms with van der Waals surface area (Å²) in [4.78, 5) is 17.3. The van der Waals surface area contributed by atoms with Gasteiger partial charge >= 0.3 is 0 Å². The van der Waals surface area contributed by atoms with Crippen molar-refractivity contribution in [1.82, 2.24) is 14.8 Å². The van der Waals surface area contributed by atoms with E-state index in [0.29, 0.717) is 27.7 Å². The molecule has 0 bridgehead atoms. The average molecular weight is 405 g/mol. The maximum atomic E-state index is 13.1. The Morgan fingerprint density at radius 1 is 1.10 bits per heavy atom. The molecule has 2 heterocycles. The van der Waals surface area contributed by atoms with Gasteiger partial charge in [-0.25, -0.2) is 4.68 Å². The van der Waals surface area contributed by atoms with E-state index in [-0.39, 0.29) is 5.91 Å². The Morgan fingerprint density at radius 3 is 2.66 bits per heavy atom. The molecule has 0 unspecified atom stereocenters. The summed E-state index contributed by atoms with van der Waals surface area (Å²) < 4.78 is 7.00. The average Bonchev–Trinajstić information content (AvgIpc) is 3.21. The molecule has 0 aliphatic rings. The number of para-hydroxylation sites is 1. The monoisotopic (exact) mass is 404 g/mol. The first kappa shape index (κ1) is 18.7. The third-order valence-electron chi connectivity index (χ3n) is 4.32. The third-order valence-corrected chi connectivity index (χ3v) is 4.56. The van der Waals surface area contributed by atoms with Crippen LogP contribution in [0.5, 0.6) is 5.75 Å². The smallest absolute Gasteiger partial charge is 0.259 e. The number of carbonyl (C=O) groups is 1. The molecule has 0 saturated carbocycles. The van der Waals surface area contributed by atoms with Crippen LogP contribution < -0.4 is 10.1 Å². The van der Waals surface area contributed by atoms with Crippen molar-refractivity contribution in [3.05, 3.63) is 89.8 Å². The number of hydrogen-bond donors (Lipinski definition) is 1. The summed E-state index contributed by atoms with van der Waals surface area (Å²) in [5, 5.41) is 8.00. The Balaban J connectivity index is 1.77. The molecule has 144 valence electrons. The third kappa shape index (κ3) is 3.97. The molecule has 4 rings (SSSR count). The number of hydrogen-bond acceptors (Lipinski definition) is 4. The Hall–Kier alpha value is -3.64. The van der Waals surface area contributed by atoms with Gasteiger partial charge in [-0.1, -0.05) is 29.8 Å². The standard InChI is InChI=1S/C22H17ClN4O2/c1-29-20-10-9-16(23)12-19(20)25-22(28)18-14-27(17-7-3-2-4-8-17)26-21(18)15-6-5-11-24-13-15/h2-14H,1H3,(H,25,28). The van der Waals surface area contributed by atoms with Crippen molar-refractivity contribution in [3.8, 4) is 22.7 Å². The molecule has 0 saturated heterocycles. The zero-order chi connectivity index (χ0) is 20.2. The van der Waals surface area contributed by atoms with E-state index in [9.17, 15) is 4.79 Å². The van der Waals surface area contributed by atoms with Crippen molar-refractivity contribution < 1.29 is 9.53 Å². The maximum absolute atomic E-state index is 13.1. The summed E-state index contributed by atoms with van der Waals surface area (Å²) in [6.07, 6.45) is 5.05. The second-order valence-corrected chi connectivity index (χ2v) is 6.65. The first-order valence-corrected chi connectivity index (χ1v) is 9.24. The summed E-state index contributed by atoms with van der Waals surface area (Å²) >= 11 is 6.08. The van der Waals surface area contributed by atoms with Crippen LogP contribution in [0.3, 0.4) is 0 Å². The molecule has 2 aromatic heterocycles.